The van der Waals surface area contributed by atoms with E-state index < -0.39 is 0 Å². The fourth-order valence-corrected chi connectivity index (χ4v) is 2.77. The molecule has 0 saturated carbocycles. The average Bonchev–Trinajstić information content (AvgIpc) is 2.92. The van der Waals surface area contributed by atoms with Crippen molar-refractivity contribution in [2.24, 2.45) is 0 Å². The van der Waals surface area contributed by atoms with Crippen LogP contribution >= 0.6 is 11.3 Å². The van der Waals surface area contributed by atoms with Crippen molar-refractivity contribution in [3.8, 4) is 0 Å². The molecule has 0 fully saturated rings. The summed E-state index contributed by atoms with van der Waals surface area (Å²) >= 11 is 1.80. The average molecular weight is 275 g/mol. The summed E-state index contributed by atoms with van der Waals surface area (Å²) in [7, 11) is 2.14. The lowest BCUT2D eigenvalue weighted by atomic mass is 10.2. The predicted octanol–water partition coefficient (Wildman–Crippen LogP) is 3.85. The van der Waals surface area contributed by atoms with Crippen molar-refractivity contribution in [3.63, 3.8) is 0 Å². The summed E-state index contributed by atoms with van der Waals surface area (Å²) in [6, 6.07) is 6.71. The Kier molecular flexibility index (Phi) is 4.66. The molecule has 2 aromatic heterocycles. The van der Waals surface area contributed by atoms with Gasteiger partial charge in [0.1, 0.15) is 5.82 Å². The van der Waals surface area contributed by atoms with Crippen LogP contribution in [0, 0.1) is 0 Å². The summed E-state index contributed by atoms with van der Waals surface area (Å²) in [4.78, 5) is 12.6. The van der Waals surface area contributed by atoms with Crippen LogP contribution in [0.25, 0.3) is 0 Å². The Balaban J connectivity index is 2.06. The zero-order valence-electron chi connectivity index (χ0n) is 12.0. The minimum atomic E-state index is 0.375. The van der Waals surface area contributed by atoms with Crippen LogP contribution in [0.2, 0.25) is 0 Å². The molecule has 0 aliphatic carbocycles. The van der Waals surface area contributed by atoms with Crippen molar-refractivity contribution in [1.82, 2.24) is 14.9 Å². The van der Waals surface area contributed by atoms with Crippen molar-refractivity contribution in [3.05, 3.63) is 46.2 Å². The molecule has 0 amide bonds. The Morgan fingerprint density at radius 2 is 2.05 bits per heavy atom. The molecule has 2 rings (SSSR count). The van der Waals surface area contributed by atoms with Crippen LogP contribution in [0.5, 0.6) is 0 Å². The van der Waals surface area contributed by atoms with Crippen LogP contribution in [-0.2, 0) is 6.54 Å². The van der Waals surface area contributed by atoms with E-state index in [9.17, 15) is 0 Å². The molecule has 0 radical (unpaired) electrons. The quantitative estimate of drug-likeness (QED) is 0.830. The van der Waals surface area contributed by atoms with Gasteiger partial charge in [-0.2, -0.15) is 0 Å². The highest BCUT2D eigenvalue weighted by molar-refractivity contribution is 7.10. The first-order valence-electron chi connectivity index (χ1n) is 6.63. The third-order valence-corrected chi connectivity index (χ3v) is 4.32. The van der Waals surface area contributed by atoms with Gasteiger partial charge in [-0.3, -0.25) is 4.90 Å². The van der Waals surface area contributed by atoms with Gasteiger partial charge in [0.05, 0.1) is 5.69 Å². The molecule has 0 N–H and O–H groups in total. The maximum atomic E-state index is 4.63. The largest absolute Gasteiger partial charge is 0.293 e. The van der Waals surface area contributed by atoms with E-state index in [0.717, 1.165) is 18.1 Å². The maximum absolute atomic E-state index is 4.63. The normalized spacial score (nSPS) is 13.2. The van der Waals surface area contributed by atoms with E-state index >= 15 is 0 Å². The Hall–Kier alpha value is -1.26. The molecule has 3 nitrogen and oxygen atoms in total. The van der Waals surface area contributed by atoms with Crippen LogP contribution in [0.4, 0.5) is 0 Å². The number of hydrogen-bond donors (Lipinski definition) is 0. The summed E-state index contributed by atoms with van der Waals surface area (Å²) in [5.41, 5.74) is 1.09. The number of rotatable bonds is 5. The van der Waals surface area contributed by atoms with Crippen LogP contribution in [-0.4, -0.2) is 21.9 Å². The van der Waals surface area contributed by atoms with Crippen molar-refractivity contribution in [2.45, 2.75) is 39.3 Å². The monoisotopic (exact) mass is 275 g/mol. The molecule has 0 saturated heterocycles. The summed E-state index contributed by atoms with van der Waals surface area (Å²) in [6.07, 6.45) is 1.86. The Labute approximate surface area is 119 Å². The van der Waals surface area contributed by atoms with Gasteiger partial charge >= 0.3 is 0 Å². The van der Waals surface area contributed by atoms with E-state index in [0.29, 0.717) is 12.0 Å². The summed E-state index contributed by atoms with van der Waals surface area (Å²) in [5.74, 6) is 1.30. The van der Waals surface area contributed by atoms with Gasteiger partial charge in [0.2, 0.25) is 0 Å². The first-order chi connectivity index (χ1) is 9.08. The van der Waals surface area contributed by atoms with Crippen molar-refractivity contribution >= 4 is 11.3 Å². The number of hydrogen-bond acceptors (Lipinski definition) is 4. The lowest BCUT2D eigenvalue weighted by Crippen LogP contribution is -2.22. The smallest absolute Gasteiger partial charge is 0.131 e. The molecule has 0 aliphatic heterocycles. The van der Waals surface area contributed by atoms with E-state index in [4.69, 9.17) is 0 Å². The standard InChI is InChI=1S/C15H21N3S/c1-11(2)15-16-8-7-13(17-15)10-18(4)12(3)14-6-5-9-19-14/h5-9,11-12H,10H2,1-4H3. The maximum Gasteiger partial charge on any atom is 0.131 e. The molecule has 0 aromatic carbocycles. The Morgan fingerprint density at radius 3 is 2.68 bits per heavy atom. The zero-order chi connectivity index (χ0) is 13.8. The fraction of sp³-hybridized carbons (Fsp3) is 0.467. The summed E-state index contributed by atoms with van der Waals surface area (Å²) < 4.78 is 0. The first kappa shape index (κ1) is 14.2. The lowest BCUT2D eigenvalue weighted by Gasteiger charge is -2.23. The van der Waals surface area contributed by atoms with Crippen LogP contribution in [0.1, 0.15) is 49.1 Å². The van der Waals surface area contributed by atoms with Gasteiger partial charge in [0, 0.05) is 29.6 Å². The predicted molar refractivity (Wildman–Crippen MR) is 80.3 cm³/mol. The van der Waals surface area contributed by atoms with Crippen molar-refractivity contribution < 1.29 is 0 Å². The van der Waals surface area contributed by atoms with Crippen molar-refractivity contribution in [1.29, 1.82) is 0 Å². The van der Waals surface area contributed by atoms with E-state index in [1.54, 1.807) is 11.3 Å². The summed E-state index contributed by atoms with van der Waals surface area (Å²) in [6.45, 7) is 7.33. The number of aromatic nitrogens is 2. The molecular formula is C15H21N3S. The number of thiophene rings is 1. The lowest BCUT2D eigenvalue weighted by molar-refractivity contribution is 0.253. The minimum Gasteiger partial charge on any atom is -0.293 e. The molecular weight excluding hydrogens is 254 g/mol. The Bertz CT molecular complexity index is 508. The zero-order valence-corrected chi connectivity index (χ0v) is 12.8. The molecule has 1 atom stereocenters. The molecule has 19 heavy (non-hydrogen) atoms. The second-order valence-corrected chi connectivity index (χ2v) is 6.15. The van der Waals surface area contributed by atoms with Crippen LogP contribution in [0.15, 0.2) is 29.8 Å². The Morgan fingerprint density at radius 1 is 1.26 bits per heavy atom. The van der Waals surface area contributed by atoms with Gasteiger partial charge in [0.15, 0.2) is 0 Å². The molecule has 102 valence electrons. The van der Waals surface area contributed by atoms with Gasteiger partial charge in [-0.1, -0.05) is 19.9 Å². The van der Waals surface area contributed by atoms with E-state index in [2.05, 4.69) is 60.2 Å². The van der Waals surface area contributed by atoms with E-state index in [1.165, 1.54) is 4.88 Å². The van der Waals surface area contributed by atoms with Gasteiger partial charge in [-0.15, -0.1) is 11.3 Å². The first-order valence-corrected chi connectivity index (χ1v) is 7.51. The van der Waals surface area contributed by atoms with Crippen LogP contribution < -0.4 is 0 Å². The molecule has 2 aromatic rings. The molecule has 0 spiro atoms. The minimum absolute atomic E-state index is 0.375. The second kappa shape index (κ2) is 6.26. The van der Waals surface area contributed by atoms with Gasteiger partial charge in [0.25, 0.3) is 0 Å². The highest BCUT2D eigenvalue weighted by Crippen LogP contribution is 2.24. The molecule has 1 unspecified atom stereocenters. The van der Waals surface area contributed by atoms with Crippen molar-refractivity contribution in [2.75, 3.05) is 7.05 Å². The fourth-order valence-electron chi connectivity index (χ4n) is 1.92. The molecule has 2 heterocycles. The van der Waals surface area contributed by atoms with Gasteiger partial charge in [-0.05, 0) is 31.5 Å². The van der Waals surface area contributed by atoms with E-state index in [-0.39, 0.29) is 0 Å². The van der Waals surface area contributed by atoms with Gasteiger partial charge < -0.3 is 0 Å². The number of nitrogens with zero attached hydrogens (tertiary/aromatic N) is 3. The topological polar surface area (TPSA) is 29.0 Å². The van der Waals surface area contributed by atoms with Crippen LogP contribution in [0.3, 0.4) is 0 Å². The molecule has 4 heteroatoms. The third-order valence-electron chi connectivity index (χ3n) is 3.28. The third kappa shape index (κ3) is 3.61. The summed E-state index contributed by atoms with van der Waals surface area (Å²) in [5, 5.41) is 2.13. The highest BCUT2D eigenvalue weighted by Gasteiger charge is 2.14. The van der Waals surface area contributed by atoms with Gasteiger partial charge in [-0.25, -0.2) is 9.97 Å². The molecule has 0 aliphatic rings. The molecule has 0 bridgehead atoms. The highest BCUT2D eigenvalue weighted by atomic mass is 32.1. The van der Waals surface area contributed by atoms with E-state index in [1.807, 2.05) is 12.3 Å². The second-order valence-electron chi connectivity index (χ2n) is 5.17. The SMILES string of the molecule is CC(C)c1nccc(CN(C)C(C)c2cccs2)n1.